The van der Waals surface area contributed by atoms with Gasteiger partial charge in [-0.3, -0.25) is 5.10 Å². The highest BCUT2D eigenvalue weighted by Crippen LogP contribution is 2.37. The summed E-state index contributed by atoms with van der Waals surface area (Å²) in [6, 6.07) is 0. The van der Waals surface area contributed by atoms with Gasteiger partial charge in [-0.05, 0) is 18.8 Å². The summed E-state index contributed by atoms with van der Waals surface area (Å²) in [7, 11) is 0. The zero-order valence-corrected chi connectivity index (χ0v) is 11.1. The first kappa shape index (κ1) is 12.2. The van der Waals surface area contributed by atoms with E-state index in [0.717, 1.165) is 24.6 Å². The Labute approximate surface area is 111 Å². The van der Waals surface area contributed by atoms with E-state index in [2.05, 4.69) is 27.3 Å². The third kappa shape index (κ3) is 2.34. The number of hydrogen-bond donors (Lipinski definition) is 2. The highest BCUT2D eigenvalue weighted by molar-refractivity contribution is 5.65. The number of hydrogen-bond acceptors (Lipinski definition) is 5. The minimum Gasteiger partial charge on any atom is -0.383 e. The minimum atomic E-state index is 0.421. The molecular weight excluding hydrogens is 242 g/mol. The summed E-state index contributed by atoms with van der Waals surface area (Å²) >= 11 is 0. The third-order valence-electron chi connectivity index (χ3n) is 4.07. The monoisotopic (exact) mass is 261 g/mol. The molecule has 0 aromatic carbocycles. The van der Waals surface area contributed by atoms with Crippen molar-refractivity contribution in [1.82, 2.24) is 20.3 Å². The van der Waals surface area contributed by atoms with E-state index in [9.17, 15) is 0 Å². The fraction of sp³-hybridized carbons (Fsp3) is 0.615. The zero-order chi connectivity index (χ0) is 13.2. The average molecular weight is 261 g/mol. The van der Waals surface area contributed by atoms with Crippen LogP contribution in [-0.4, -0.2) is 20.3 Å². The number of aromatic nitrogens is 4. The molecule has 2 aromatic rings. The van der Waals surface area contributed by atoms with Crippen molar-refractivity contribution in [2.75, 3.05) is 5.73 Å². The van der Waals surface area contributed by atoms with Crippen LogP contribution >= 0.6 is 0 Å². The number of nitrogens with two attached hydrogens (primary N) is 1. The lowest BCUT2D eigenvalue weighted by atomic mass is 9.80. The molecule has 1 aliphatic carbocycles. The van der Waals surface area contributed by atoms with Crippen molar-refractivity contribution in [2.45, 2.75) is 44.9 Å². The van der Waals surface area contributed by atoms with Gasteiger partial charge in [-0.25, -0.2) is 0 Å². The number of nitrogens with one attached hydrogen (secondary N) is 1. The molecule has 6 nitrogen and oxygen atoms in total. The number of nitrogen functional groups attached to an aromatic ring is 1. The molecule has 2 unspecified atom stereocenters. The molecule has 3 N–H and O–H groups in total. The predicted molar refractivity (Wildman–Crippen MR) is 71.3 cm³/mol. The number of aromatic amines is 1. The molecule has 0 spiro atoms. The van der Waals surface area contributed by atoms with E-state index in [4.69, 9.17) is 10.3 Å². The van der Waals surface area contributed by atoms with E-state index in [0.29, 0.717) is 23.2 Å². The van der Waals surface area contributed by atoms with Crippen molar-refractivity contribution < 1.29 is 4.52 Å². The molecular formula is C13H19N5O. The van der Waals surface area contributed by atoms with Gasteiger partial charge in [0.15, 0.2) is 5.82 Å². The van der Waals surface area contributed by atoms with Gasteiger partial charge in [0.05, 0.1) is 6.20 Å². The predicted octanol–water partition coefficient (Wildman–Crippen LogP) is 2.73. The van der Waals surface area contributed by atoms with E-state index in [1.165, 1.54) is 19.3 Å². The highest BCUT2D eigenvalue weighted by Gasteiger charge is 2.26. The van der Waals surface area contributed by atoms with E-state index in [1.807, 2.05) is 0 Å². The Kier molecular flexibility index (Phi) is 3.23. The summed E-state index contributed by atoms with van der Waals surface area (Å²) in [4.78, 5) is 4.49. The summed E-state index contributed by atoms with van der Waals surface area (Å²) in [5.41, 5.74) is 6.44. The van der Waals surface area contributed by atoms with Crippen LogP contribution in [0.1, 0.15) is 50.8 Å². The Morgan fingerprint density at radius 3 is 3.11 bits per heavy atom. The second-order valence-corrected chi connectivity index (χ2v) is 5.29. The lowest BCUT2D eigenvalue weighted by Crippen LogP contribution is -2.14. The van der Waals surface area contributed by atoms with Crippen LogP contribution in [0.15, 0.2) is 10.7 Å². The first-order chi connectivity index (χ1) is 9.28. The molecule has 0 amide bonds. The van der Waals surface area contributed by atoms with Gasteiger partial charge in [0, 0.05) is 5.92 Å². The molecule has 0 radical (unpaired) electrons. The molecule has 6 heteroatoms. The number of H-pyrrole nitrogens is 1. The second-order valence-electron chi connectivity index (χ2n) is 5.29. The van der Waals surface area contributed by atoms with E-state index in [-0.39, 0.29) is 0 Å². The standard InChI is InChI=1S/C13H19N5O/c1-2-8-4-3-5-9(6-8)12-16-13(19-18-12)10-7-15-17-11(10)14/h7-9H,2-6H2,1H3,(H3,14,15,17). The van der Waals surface area contributed by atoms with Crippen molar-refractivity contribution in [1.29, 1.82) is 0 Å². The van der Waals surface area contributed by atoms with Gasteiger partial charge in [0.25, 0.3) is 5.89 Å². The topological polar surface area (TPSA) is 93.6 Å². The minimum absolute atomic E-state index is 0.421. The van der Waals surface area contributed by atoms with Gasteiger partial charge >= 0.3 is 0 Å². The Bertz CT molecular complexity index is 547. The Morgan fingerprint density at radius 1 is 1.47 bits per heavy atom. The van der Waals surface area contributed by atoms with E-state index >= 15 is 0 Å². The molecule has 0 aliphatic heterocycles. The molecule has 0 bridgehead atoms. The van der Waals surface area contributed by atoms with Gasteiger partial charge in [-0.1, -0.05) is 31.3 Å². The van der Waals surface area contributed by atoms with Crippen LogP contribution in [0.5, 0.6) is 0 Å². The van der Waals surface area contributed by atoms with Gasteiger partial charge in [-0.2, -0.15) is 10.1 Å². The molecule has 19 heavy (non-hydrogen) atoms. The van der Waals surface area contributed by atoms with Gasteiger partial charge < -0.3 is 10.3 Å². The fourth-order valence-electron chi connectivity index (χ4n) is 2.87. The summed E-state index contributed by atoms with van der Waals surface area (Å²) in [6.07, 6.45) is 7.73. The van der Waals surface area contributed by atoms with Crippen LogP contribution in [0.2, 0.25) is 0 Å². The quantitative estimate of drug-likeness (QED) is 0.886. The normalized spacial score (nSPS) is 23.6. The highest BCUT2D eigenvalue weighted by atomic mass is 16.5. The lowest BCUT2D eigenvalue weighted by molar-refractivity contribution is 0.300. The molecule has 2 atom stereocenters. The summed E-state index contributed by atoms with van der Waals surface area (Å²) in [6.45, 7) is 2.25. The maximum Gasteiger partial charge on any atom is 0.263 e. The molecule has 3 rings (SSSR count). The van der Waals surface area contributed by atoms with Crippen molar-refractivity contribution in [3.8, 4) is 11.5 Å². The number of rotatable bonds is 3. The zero-order valence-electron chi connectivity index (χ0n) is 11.1. The Hall–Kier alpha value is -1.85. The van der Waals surface area contributed by atoms with Crippen molar-refractivity contribution in [2.24, 2.45) is 5.92 Å². The molecule has 2 aromatic heterocycles. The van der Waals surface area contributed by atoms with E-state index < -0.39 is 0 Å². The first-order valence-electron chi connectivity index (χ1n) is 6.90. The van der Waals surface area contributed by atoms with Crippen LogP contribution < -0.4 is 5.73 Å². The number of anilines is 1. The van der Waals surface area contributed by atoms with Crippen LogP contribution in [0.3, 0.4) is 0 Å². The second kappa shape index (κ2) is 5.03. The maximum absolute atomic E-state index is 5.76. The van der Waals surface area contributed by atoms with Crippen molar-refractivity contribution >= 4 is 5.82 Å². The van der Waals surface area contributed by atoms with Crippen molar-refractivity contribution in [3.05, 3.63) is 12.0 Å². The first-order valence-corrected chi connectivity index (χ1v) is 6.90. The summed E-state index contributed by atoms with van der Waals surface area (Å²) in [5.74, 6) is 2.95. The molecule has 102 valence electrons. The smallest absolute Gasteiger partial charge is 0.263 e. The molecule has 1 aliphatic rings. The van der Waals surface area contributed by atoms with Crippen molar-refractivity contribution in [3.63, 3.8) is 0 Å². The van der Waals surface area contributed by atoms with Gasteiger partial charge in [-0.15, -0.1) is 0 Å². The maximum atomic E-state index is 5.76. The number of nitrogens with zero attached hydrogens (tertiary/aromatic N) is 3. The van der Waals surface area contributed by atoms with Crippen LogP contribution in [0, 0.1) is 5.92 Å². The Morgan fingerprint density at radius 2 is 2.37 bits per heavy atom. The third-order valence-corrected chi connectivity index (χ3v) is 4.07. The van der Waals surface area contributed by atoms with Gasteiger partial charge in [0.1, 0.15) is 11.4 Å². The SMILES string of the molecule is CCC1CCCC(c2noc(-c3cn[nH]c3N)n2)C1. The molecule has 2 heterocycles. The molecule has 0 saturated heterocycles. The molecule has 1 fully saturated rings. The van der Waals surface area contributed by atoms with Crippen LogP contribution in [0.4, 0.5) is 5.82 Å². The fourth-order valence-corrected chi connectivity index (χ4v) is 2.87. The summed E-state index contributed by atoms with van der Waals surface area (Å²) in [5, 5.41) is 10.7. The summed E-state index contributed by atoms with van der Waals surface area (Å²) < 4.78 is 5.31. The lowest BCUT2D eigenvalue weighted by Gasteiger charge is -2.26. The van der Waals surface area contributed by atoms with Crippen LogP contribution in [0.25, 0.3) is 11.5 Å². The Balaban J connectivity index is 1.79. The average Bonchev–Trinajstić information content (AvgIpc) is 3.07. The largest absolute Gasteiger partial charge is 0.383 e. The van der Waals surface area contributed by atoms with Gasteiger partial charge in [0.2, 0.25) is 0 Å². The van der Waals surface area contributed by atoms with E-state index in [1.54, 1.807) is 6.20 Å². The molecule has 1 saturated carbocycles. The van der Waals surface area contributed by atoms with Crippen LogP contribution in [-0.2, 0) is 0 Å².